The maximum absolute atomic E-state index is 13.6. The number of carbonyl (C=O) groups excluding carboxylic acids is 3. The van der Waals surface area contributed by atoms with Gasteiger partial charge in [-0.05, 0) is 50.5 Å². The molecule has 0 saturated carbocycles. The van der Waals surface area contributed by atoms with Gasteiger partial charge < -0.3 is 38.5 Å². The van der Waals surface area contributed by atoms with Crippen LogP contribution in [-0.2, 0) is 20.9 Å². The third-order valence-corrected chi connectivity index (χ3v) is 7.07. The fraction of sp³-hybridized carbons (Fsp3) is 0.379. The van der Waals surface area contributed by atoms with Gasteiger partial charge in [-0.3, -0.25) is 9.59 Å². The highest BCUT2D eigenvalue weighted by Crippen LogP contribution is 2.46. The number of Topliss-reactive ketones (excluding diaryl/α,β-unsaturated/α-hetero) is 1. The predicted octanol–water partition coefficient (Wildman–Crippen LogP) is 3.54. The number of ketones is 1. The van der Waals surface area contributed by atoms with Crippen LogP contribution in [0.15, 0.2) is 36.4 Å². The van der Waals surface area contributed by atoms with E-state index in [9.17, 15) is 19.5 Å². The molecule has 3 aromatic rings. The Morgan fingerprint density at radius 3 is 2.32 bits per heavy atom. The summed E-state index contributed by atoms with van der Waals surface area (Å²) in [5.41, 5.74) is 1.60. The van der Waals surface area contributed by atoms with Gasteiger partial charge in [0.2, 0.25) is 5.75 Å². The molecule has 2 N–H and O–H groups in total. The number of nitrogens with zero attached hydrogens (tertiary/aromatic N) is 3. The second kappa shape index (κ2) is 12.2. The van der Waals surface area contributed by atoms with Gasteiger partial charge in [0.15, 0.2) is 11.5 Å². The van der Waals surface area contributed by atoms with Crippen LogP contribution < -0.4 is 14.2 Å². The number of carbonyl (C=O) groups is 3. The number of H-pyrrole nitrogens is 1. The second-order valence-corrected chi connectivity index (χ2v) is 9.45. The summed E-state index contributed by atoms with van der Waals surface area (Å²) in [6, 6.07) is 2.32. The number of benzene rings is 1. The summed E-state index contributed by atoms with van der Waals surface area (Å²) in [5, 5.41) is 11.7. The minimum absolute atomic E-state index is 0.118. The van der Waals surface area contributed by atoms with E-state index in [0.717, 1.165) is 0 Å². The lowest BCUT2D eigenvalue weighted by Crippen LogP contribution is -2.31. The molecule has 0 radical (unpaired) electrons. The summed E-state index contributed by atoms with van der Waals surface area (Å²) in [6.07, 6.45) is 5.65. The van der Waals surface area contributed by atoms with Crippen molar-refractivity contribution in [3.63, 3.8) is 0 Å². The molecule has 1 aromatic carbocycles. The average molecular weight is 567 g/mol. The summed E-state index contributed by atoms with van der Waals surface area (Å²) >= 11 is 0. The van der Waals surface area contributed by atoms with Crippen molar-refractivity contribution < 1.29 is 38.4 Å². The summed E-state index contributed by atoms with van der Waals surface area (Å²) < 4.78 is 23.5. The molecular weight excluding hydrogens is 532 g/mol. The largest absolute Gasteiger partial charge is 0.507 e. The Labute approximate surface area is 237 Å². The van der Waals surface area contributed by atoms with Crippen molar-refractivity contribution in [1.29, 1.82) is 0 Å². The number of aromatic nitrogens is 3. The zero-order valence-electron chi connectivity index (χ0n) is 23.9. The van der Waals surface area contributed by atoms with Crippen molar-refractivity contribution in [2.75, 3.05) is 34.5 Å². The molecule has 1 aliphatic heterocycles. The first kappa shape index (κ1) is 29.2. The molecule has 1 amide bonds. The highest BCUT2D eigenvalue weighted by Gasteiger charge is 2.47. The van der Waals surface area contributed by atoms with Crippen molar-refractivity contribution in [3.05, 3.63) is 64.5 Å². The number of rotatable bonds is 11. The van der Waals surface area contributed by atoms with Gasteiger partial charge in [0.1, 0.15) is 11.5 Å². The van der Waals surface area contributed by atoms with Crippen LogP contribution in [0.4, 0.5) is 0 Å². The van der Waals surface area contributed by atoms with E-state index < -0.39 is 29.5 Å². The number of aliphatic hydroxyl groups excluding tert-OH is 1. The molecule has 4 rings (SSSR count). The van der Waals surface area contributed by atoms with Gasteiger partial charge in [0.25, 0.3) is 11.7 Å². The normalized spacial score (nSPS) is 16.2. The lowest BCUT2D eigenvalue weighted by Gasteiger charge is -2.26. The monoisotopic (exact) mass is 566 g/mol. The Hall–Kier alpha value is -4.74. The zero-order chi connectivity index (χ0) is 29.8. The van der Waals surface area contributed by atoms with Crippen LogP contribution in [0.25, 0.3) is 5.76 Å². The molecule has 12 nitrogen and oxygen atoms in total. The maximum Gasteiger partial charge on any atom is 0.355 e. The number of imidazole rings is 1. The smallest absolute Gasteiger partial charge is 0.355 e. The number of hydrogen-bond donors (Lipinski definition) is 2. The molecule has 1 aliphatic rings. The number of hydrogen-bond acceptors (Lipinski definition) is 9. The molecule has 3 heterocycles. The van der Waals surface area contributed by atoms with Crippen molar-refractivity contribution >= 4 is 23.4 Å². The minimum Gasteiger partial charge on any atom is -0.507 e. The Bertz CT molecular complexity index is 1460. The van der Waals surface area contributed by atoms with E-state index in [1.165, 1.54) is 26.2 Å². The summed E-state index contributed by atoms with van der Waals surface area (Å²) in [7, 11) is 4.40. The van der Waals surface area contributed by atoms with E-state index in [1.54, 1.807) is 45.4 Å². The van der Waals surface area contributed by atoms with Crippen LogP contribution in [0.5, 0.6) is 17.2 Å². The van der Waals surface area contributed by atoms with E-state index in [2.05, 4.69) is 9.97 Å². The number of esters is 1. The van der Waals surface area contributed by atoms with Gasteiger partial charge in [-0.25, -0.2) is 9.78 Å². The van der Waals surface area contributed by atoms with Crippen molar-refractivity contribution in [3.8, 4) is 17.2 Å². The fourth-order valence-corrected chi connectivity index (χ4v) is 5.21. The molecule has 1 atom stereocenters. The van der Waals surface area contributed by atoms with E-state index in [1.807, 2.05) is 10.8 Å². The van der Waals surface area contributed by atoms with Crippen LogP contribution >= 0.6 is 0 Å². The Balaban J connectivity index is 1.89. The van der Waals surface area contributed by atoms with E-state index in [4.69, 9.17) is 18.9 Å². The van der Waals surface area contributed by atoms with Crippen LogP contribution in [-0.4, -0.2) is 76.7 Å². The highest BCUT2D eigenvalue weighted by molar-refractivity contribution is 6.46. The quantitative estimate of drug-likeness (QED) is 0.154. The Morgan fingerprint density at radius 1 is 1.07 bits per heavy atom. The van der Waals surface area contributed by atoms with Crippen molar-refractivity contribution in [2.45, 2.75) is 39.8 Å². The molecule has 218 valence electrons. The molecule has 0 spiro atoms. The molecule has 2 aromatic heterocycles. The maximum atomic E-state index is 13.6. The van der Waals surface area contributed by atoms with E-state index in [0.29, 0.717) is 47.0 Å². The van der Waals surface area contributed by atoms with Gasteiger partial charge >= 0.3 is 5.97 Å². The first-order chi connectivity index (χ1) is 19.7. The van der Waals surface area contributed by atoms with Crippen LogP contribution in [0.3, 0.4) is 0 Å². The Morgan fingerprint density at radius 2 is 1.76 bits per heavy atom. The van der Waals surface area contributed by atoms with Gasteiger partial charge in [0.05, 0.1) is 45.9 Å². The van der Waals surface area contributed by atoms with Crippen molar-refractivity contribution in [2.24, 2.45) is 0 Å². The standard InChI is InChI=1S/C29H34N4O8/c1-7-41-29(37)23-16(2)21(17(3)31-23)25(34)22-24(18-13-19(38-4)27(40-6)20(14-18)39-5)33(28(36)26(22)35)11-8-10-32-12-9-30-15-32/h9,12-15,24,31,34H,7-8,10-11H2,1-6H3. The molecule has 1 saturated heterocycles. The lowest BCUT2D eigenvalue weighted by molar-refractivity contribution is -0.139. The molecule has 1 fully saturated rings. The first-order valence-electron chi connectivity index (χ1n) is 13.1. The van der Waals surface area contributed by atoms with Gasteiger partial charge in [-0.1, -0.05) is 0 Å². The predicted molar refractivity (Wildman–Crippen MR) is 148 cm³/mol. The summed E-state index contributed by atoms with van der Waals surface area (Å²) in [4.78, 5) is 48.0. The lowest BCUT2D eigenvalue weighted by atomic mass is 9.93. The van der Waals surface area contributed by atoms with Crippen LogP contribution in [0.1, 0.15) is 52.3 Å². The number of aryl methyl sites for hydroxylation is 2. The summed E-state index contributed by atoms with van der Waals surface area (Å²) in [6.45, 7) is 5.93. The average Bonchev–Trinajstić information content (AvgIpc) is 3.65. The number of ether oxygens (including phenoxy) is 4. The highest BCUT2D eigenvalue weighted by atomic mass is 16.5. The minimum atomic E-state index is -0.980. The molecule has 41 heavy (non-hydrogen) atoms. The molecule has 1 unspecified atom stereocenters. The topological polar surface area (TPSA) is 145 Å². The summed E-state index contributed by atoms with van der Waals surface area (Å²) in [5.74, 6) is -1.61. The van der Waals surface area contributed by atoms with Gasteiger partial charge in [-0.15, -0.1) is 0 Å². The second-order valence-electron chi connectivity index (χ2n) is 9.45. The molecule has 12 heteroatoms. The first-order valence-corrected chi connectivity index (χ1v) is 13.1. The number of aromatic amines is 1. The van der Waals surface area contributed by atoms with E-state index in [-0.39, 0.29) is 30.0 Å². The number of amides is 1. The van der Waals surface area contributed by atoms with Crippen LogP contribution in [0, 0.1) is 13.8 Å². The third-order valence-electron chi connectivity index (χ3n) is 7.07. The number of aliphatic hydroxyl groups is 1. The molecule has 0 bridgehead atoms. The van der Waals surface area contributed by atoms with Gasteiger partial charge in [-0.2, -0.15) is 0 Å². The third kappa shape index (κ3) is 5.37. The molecule has 0 aliphatic carbocycles. The van der Waals surface area contributed by atoms with E-state index >= 15 is 0 Å². The zero-order valence-corrected chi connectivity index (χ0v) is 23.9. The SMILES string of the molecule is CCOC(=O)c1[nH]c(C)c(C(O)=C2C(=O)C(=O)N(CCCn3ccnc3)C2c2cc(OC)c(OC)c(OC)c2)c1C. The Kier molecular flexibility index (Phi) is 8.70. The fourth-order valence-electron chi connectivity index (χ4n) is 5.21. The van der Waals surface area contributed by atoms with Gasteiger partial charge in [0, 0.05) is 36.7 Å². The number of nitrogens with one attached hydrogen (secondary N) is 1. The number of likely N-dealkylation sites (tertiary alicyclic amines) is 1. The number of methoxy groups -OCH3 is 3. The molecular formula is C29H34N4O8. The van der Waals surface area contributed by atoms with Crippen LogP contribution in [0.2, 0.25) is 0 Å². The van der Waals surface area contributed by atoms with Crippen molar-refractivity contribution in [1.82, 2.24) is 19.4 Å².